The number of rotatable bonds is 4. The smallest absolute Gasteiger partial charge is 0.358 e. The van der Waals surface area contributed by atoms with E-state index in [1.165, 1.54) is 18.3 Å². The molecule has 0 saturated heterocycles. The van der Waals surface area contributed by atoms with E-state index in [9.17, 15) is 9.59 Å². The molecule has 1 aromatic heterocycles. The fourth-order valence-electron chi connectivity index (χ4n) is 1.08. The first-order valence-electron chi connectivity index (χ1n) is 4.83. The molecule has 0 unspecified atom stereocenters. The topological polar surface area (TPSA) is 59.5 Å². The first-order chi connectivity index (χ1) is 7.47. The second-order valence-electron chi connectivity index (χ2n) is 3.35. The molecule has 0 aromatic carbocycles. The van der Waals surface area contributed by atoms with Crippen molar-refractivity contribution >= 4 is 28.2 Å². The quantitative estimate of drug-likeness (QED) is 0.592. The molecule has 0 aliphatic rings. The number of Topliss-reactive ketones (excluding diaryl/α,β-unsaturated/α-hetero) is 1. The van der Waals surface area contributed by atoms with Crippen molar-refractivity contribution in [3.05, 3.63) is 10.6 Å². The summed E-state index contributed by atoms with van der Waals surface area (Å²) in [6.45, 7) is 3.39. The molecule has 0 radical (unpaired) electrons. The van der Waals surface area contributed by atoms with Gasteiger partial charge in [0.2, 0.25) is 0 Å². The molecular weight excluding hydrogens is 228 g/mol. The summed E-state index contributed by atoms with van der Waals surface area (Å²) in [6, 6.07) is 0. The van der Waals surface area contributed by atoms with Crippen LogP contribution in [0.2, 0.25) is 0 Å². The van der Waals surface area contributed by atoms with Crippen molar-refractivity contribution < 1.29 is 14.3 Å². The Bertz CT molecular complexity index is 412. The number of esters is 1. The van der Waals surface area contributed by atoms with E-state index in [1.807, 2.05) is 0 Å². The van der Waals surface area contributed by atoms with Crippen molar-refractivity contribution in [3.63, 3.8) is 0 Å². The van der Waals surface area contributed by atoms with Crippen LogP contribution in [0.5, 0.6) is 0 Å². The summed E-state index contributed by atoms with van der Waals surface area (Å²) in [4.78, 5) is 29.1. The zero-order valence-electron chi connectivity index (χ0n) is 9.73. The summed E-state index contributed by atoms with van der Waals surface area (Å²) >= 11 is 1.19. The van der Waals surface area contributed by atoms with Gasteiger partial charge in [-0.1, -0.05) is 11.3 Å². The molecule has 88 valence electrons. The van der Waals surface area contributed by atoms with Crippen LogP contribution < -0.4 is 4.90 Å². The Balaban J connectivity index is 3.15. The van der Waals surface area contributed by atoms with E-state index in [-0.39, 0.29) is 18.1 Å². The van der Waals surface area contributed by atoms with Gasteiger partial charge in [0.05, 0.1) is 6.61 Å². The summed E-state index contributed by atoms with van der Waals surface area (Å²) < 4.78 is 4.85. The van der Waals surface area contributed by atoms with Gasteiger partial charge in [-0.3, -0.25) is 4.79 Å². The van der Waals surface area contributed by atoms with Crippen molar-refractivity contribution in [3.8, 4) is 0 Å². The minimum Gasteiger partial charge on any atom is -0.461 e. The highest BCUT2D eigenvalue weighted by molar-refractivity contribution is 7.17. The second kappa shape index (κ2) is 5.07. The number of hydrogen-bond acceptors (Lipinski definition) is 6. The van der Waals surface area contributed by atoms with Gasteiger partial charge in [0.1, 0.15) is 4.88 Å². The molecule has 0 amide bonds. The van der Waals surface area contributed by atoms with E-state index >= 15 is 0 Å². The van der Waals surface area contributed by atoms with Gasteiger partial charge in [0, 0.05) is 21.0 Å². The summed E-state index contributed by atoms with van der Waals surface area (Å²) in [6.07, 6.45) is 0. The van der Waals surface area contributed by atoms with Gasteiger partial charge in [-0.05, 0) is 6.92 Å². The van der Waals surface area contributed by atoms with E-state index in [4.69, 9.17) is 4.74 Å². The first-order valence-corrected chi connectivity index (χ1v) is 5.65. The molecule has 1 rings (SSSR count). The van der Waals surface area contributed by atoms with Gasteiger partial charge in [0.25, 0.3) is 0 Å². The monoisotopic (exact) mass is 242 g/mol. The number of nitrogens with zero attached hydrogens (tertiary/aromatic N) is 2. The van der Waals surface area contributed by atoms with E-state index in [0.29, 0.717) is 10.0 Å². The lowest BCUT2D eigenvalue weighted by Gasteiger charge is -2.05. The fourth-order valence-corrected chi connectivity index (χ4v) is 1.95. The summed E-state index contributed by atoms with van der Waals surface area (Å²) in [5.41, 5.74) is 0.114. The zero-order valence-corrected chi connectivity index (χ0v) is 10.6. The Hall–Kier alpha value is -1.43. The maximum atomic E-state index is 11.6. The number of thiazole rings is 1. The molecule has 0 fully saturated rings. The van der Waals surface area contributed by atoms with Gasteiger partial charge < -0.3 is 9.64 Å². The van der Waals surface area contributed by atoms with Crippen LogP contribution in [0.3, 0.4) is 0 Å². The van der Waals surface area contributed by atoms with Crippen LogP contribution in [-0.2, 0) is 4.74 Å². The number of ether oxygens (including phenoxy) is 1. The highest BCUT2D eigenvalue weighted by Gasteiger charge is 2.22. The van der Waals surface area contributed by atoms with Crippen molar-refractivity contribution in [2.75, 3.05) is 25.6 Å². The SMILES string of the molecule is CCOC(=O)c1nc(N(C)C)sc1C(C)=O. The van der Waals surface area contributed by atoms with E-state index in [0.717, 1.165) is 0 Å². The Morgan fingerprint density at radius 3 is 2.50 bits per heavy atom. The first kappa shape index (κ1) is 12.6. The lowest BCUT2D eigenvalue weighted by molar-refractivity contribution is 0.0517. The highest BCUT2D eigenvalue weighted by Crippen LogP contribution is 2.25. The Labute approximate surface area is 98.0 Å². The lowest BCUT2D eigenvalue weighted by Crippen LogP contribution is -2.11. The number of ketones is 1. The molecule has 6 heteroatoms. The summed E-state index contributed by atoms with van der Waals surface area (Å²) in [5, 5.41) is 0.619. The van der Waals surface area contributed by atoms with E-state index in [1.54, 1.807) is 25.9 Å². The minimum absolute atomic E-state index is 0.114. The zero-order chi connectivity index (χ0) is 12.3. The molecule has 0 atom stereocenters. The second-order valence-corrected chi connectivity index (χ2v) is 4.32. The van der Waals surface area contributed by atoms with Crippen molar-refractivity contribution in [1.29, 1.82) is 0 Å². The van der Waals surface area contributed by atoms with Crippen molar-refractivity contribution in [2.45, 2.75) is 13.8 Å². The largest absolute Gasteiger partial charge is 0.461 e. The van der Waals surface area contributed by atoms with Crippen molar-refractivity contribution in [1.82, 2.24) is 4.98 Å². The van der Waals surface area contributed by atoms with Gasteiger partial charge in [-0.15, -0.1) is 0 Å². The Morgan fingerprint density at radius 2 is 2.06 bits per heavy atom. The van der Waals surface area contributed by atoms with Crippen LogP contribution in [0.25, 0.3) is 0 Å². The molecule has 0 saturated carbocycles. The molecule has 5 nitrogen and oxygen atoms in total. The maximum Gasteiger partial charge on any atom is 0.358 e. The lowest BCUT2D eigenvalue weighted by atomic mass is 10.3. The molecule has 0 bridgehead atoms. The molecule has 1 aromatic rings. The summed E-state index contributed by atoms with van der Waals surface area (Å²) in [7, 11) is 3.61. The molecule has 1 heterocycles. The van der Waals surface area contributed by atoms with Gasteiger partial charge in [-0.25, -0.2) is 9.78 Å². The maximum absolute atomic E-state index is 11.6. The van der Waals surface area contributed by atoms with Crippen LogP contribution in [0.4, 0.5) is 5.13 Å². The average molecular weight is 242 g/mol. The Morgan fingerprint density at radius 1 is 1.44 bits per heavy atom. The molecule has 0 aliphatic heterocycles. The van der Waals surface area contributed by atoms with Crippen LogP contribution in [0, 0.1) is 0 Å². The number of carbonyl (C=O) groups is 2. The van der Waals surface area contributed by atoms with E-state index < -0.39 is 5.97 Å². The third-order valence-corrected chi connectivity index (χ3v) is 3.11. The van der Waals surface area contributed by atoms with E-state index in [2.05, 4.69) is 4.98 Å². The summed E-state index contributed by atoms with van der Waals surface area (Å²) in [5.74, 6) is -0.717. The van der Waals surface area contributed by atoms with Crippen LogP contribution in [-0.4, -0.2) is 37.4 Å². The Kier molecular flexibility index (Phi) is 4.00. The van der Waals surface area contributed by atoms with Crippen LogP contribution >= 0.6 is 11.3 Å². The van der Waals surface area contributed by atoms with Crippen molar-refractivity contribution in [2.24, 2.45) is 0 Å². The van der Waals surface area contributed by atoms with Gasteiger partial charge >= 0.3 is 5.97 Å². The highest BCUT2D eigenvalue weighted by atomic mass is 32.1. The average Bonchev–Trinajstić information content (AvgIpc) is 2.62. The molecule has 0 N–H and O–H groups in total. The molecule has 16 heavy (non-hydrogen) atoms. The number of hydrogen-bond donors (Lipinski definition) is 0. The minimum atomic E-state index is -0.544. The van der Waals surface area contributed by atoms with Crippen LogP contribution in [0.1, 0.15) is 34.0 Å². The standard InChI is InChI=1S/C10H14N2O3S/c1-5-15-9(14)7-8(6(2)13)16-10(11-7)12(3)4/h5H2,1-4H3. The number of anilines is 1. The molecular formula is C10H14N2O3S. The van der Waals surface area contributed by atoms with Crippen LogP contribution in [0.15, 0.2) is 0 Å². The predicted molar refractivity (Wildman–Crippen MR) is 62.4 cm³/mol. The third-order valence-electron chi connectivity index (χ3n) is 1.79. The number of aromatic nitrogens is 1. The fraction of sp³-hybridized carbons (Fsp3) is 0.500. The molecule has 0 aliphatic carbocycles. The predicted octanol–water partition coefficient (Wildman–Crippen LogP) is 1.59. The normalized spacial score (nSPS) is 10.0. The molecule has 0 spiro atoms. The van der Waals surface area contributed by atoms with Gasteiger partial charge in [0.15, 0.2) is 16.6 Å². The number of carbonyl (C=O) groups excluding carboxylic acids is 2. The van der Waals surface area contributed by atoms with Gasteiger partial charge in [-0.2, -0.15) is 0 Å². The third kappa shape index (κ3) is 2.57.